The quantitative estimate of drug-likeness (QED) is 0.595. The minimum Gasteiger partial charge on any atom is -0.382 e. The number of fused-ring (bicyclic) bond motifs is 1. The molecule has 2 atom stereocenters. The second-order valence-corrected chi connectivity index (χ2v) is 8.89. The van der Waals surface area contributed by atoms with E-state index in [-0.39, 0.29) is 17.6 Å². The summed E-state index contributed by atoms with van der Waals surface area (Å²) in [5, 5.41) is 17.8. The summed E-state index contributed by atoms with van der Waals surface area (Å²) in [6.07, 6.45) is 5.46. The summed E-state index contributed by atoms with van der Waals surface area (Å²) in [5.74, 6) is 1.95. The molecule has 1 aromatic carbocycles. The van der Waals surface area contributed by atoms with E-state index in [1.54, 1.807) is 7.05 Å². The van der Waals surface area contributed by atoms with E-state index in [2.05, 4.69) is 22.5 Å². The Balaban J connectivity index is 1.69. The Kier molecular flexibility index (Phi) is 4.93. The monoisotopic (exact) mass is 386 g/mol. The third-order valence-electron chi connectivity index (χ3n) is 6.86. The van der Waals surface area contributed by atoms with Gasteiger partial charge in [-0.2, -0.15) is 0 Å². The number of nitrogens with one attached hydrogen (secondary N) is 2. The summed E-state index contributed by atoms with van der Waals surface area (Å²) in [4.78, 5) is 26.7. The molecule has 2 unspecified atom stereocenters. The Morgan fingerprint density at radius 2 is 1.86 bits per heavy atom. The van der Waals surface area contributed by atoms with Crippen molar-refractivity contribution in [3.05, 3.63) is 27.3 Å². The van der Waals surface area contributed by atoms with Crippen LogP contribution >= 0.6 is 0 Å². The van der Waals surface area contributed by atoms with Crippen molar-refractivity contribution in [1.29, 1.82) is 0 Å². The molecule has 1 amide bonds. The fraction of sp³-hybridized carbons (Fsp3) is 0.667. The molecule has 4 rings (SSSR count). The van der Waals surface area contributed by atoms with Crippen LogP contribution in [0.25, 0.3) is 0 Å². The molecule has 2 N–H and O–H groups in total. The lowest BCUT2D eigenvalue weighted by molar-refractivity contribution is -0.384. The first-order chi connectivity index (χ1) is 13.4. The highest BCUT2D eigenvalue weighted by Gasteiger charge is 2.46. The van der Waals surface area contributed by atoms with E-state index < -0.39 is 4.92 Å². The summed E-state index contributed by atoms with van der Waals surface area (Å²) in [6, 6.07) is 1.63. The van der Waals surface area contributed by atoms with Crippen molar-refractivity contribution in [2.24, 2.45) is 17.8 Å². The summed E-state index contributed by atoms with van der Waals surface area (Å²) in [7, 11) is 1.70. The first-order valence-electron chi connectivity index (χ1n) is 10.4. The van der Waals surface area contributed by atoms with Gasteiger partial charge in [0.25, 0.3) is 11.6 Å². The number of benzene rings is 1. The summed E-state index contributed by atoms with van der Waals surface area (Å²) in [5.41, 5.74) is 2.58. The predicted octanol–water partition coefficient (Wildman–Crippen LogP) is 3.71. The van der Waals surface area contributed by atoms with Gasteiger partial charge in [-0.25, -0.2) is 0 Å². The molecule has 0 aromatic heterocycles. The molecule has 7 heteroatoms. The van der Waals surface area contributed by atoms with Crippen molar-refractivity contribution in [1.82, 2.24) is 5.32 Å². The predicted molar refractivity (Wildman–Crippen MR) is 110 cm³/mol. The number of carbonyl (C=O) groups excluding carboxylic acids is 1. The van der Waals surface area contributed by atoms with Gasteiger partial charge in [-0.1, -0.05) is 6.92 Å². The third kappa shape index (κ3) is 3.42. The number of amides is 1. The standard InChI is InChI=1S/C21H30N4O3/c1-12-4-6-16(7-5-12)23-21(26)17-9-18(25(27)28)19(22-3)13(2)20(17)24-10-14-8-15(14)11-24/h9,12,14-16,22H,4-8,10-11H2,1-3H3,(H,23,26). The van der Waals surface area contributed by atoms with Crippen molar-refractivity contribution in [2.45, 2.75) is 52.0 Å². The van der Waals surface area contributed by atoms with Gasteiger partial charge in [0.15, 0.2) is 0 Å². The molecule has 152 valence electrons. The number of nitrogens with zero attached hydrogens (tertiary/aromatic N) is 2. The number of hydrogen-bond donors (Lipinski definition) is 2. The molecule has 1 heterocycles. The van der Waals surface area contributed by atoms with E-state index in [0.717, 1.165) is 50.0 Å². The van der Waals surface area contributed by atoms with Gasteiger partial charge in [0.05, 0.1) is 16.2 Å². The number of nitro groups is 1. The molecule has 0 radical (unpaired) electrons. The van der Waals surface area contributed by atoms with Gasteiger partial charge in [0.1, 0.15) is 5.69 Å². The molecule has 28 heavy (non-hydrogen) atoms. The zero-order chi connectivity index (χ0) is 20.0. The highest BCUT2D eigenvalue weighted by Crippen LogP contribution is 2.49. The number of nitro benzene ring substituents is 1. The molecule has 0 bridgehead atoms. The Labute approximate surface area is 166 Å². The van der Waals surface area contributed by atoms with Crippen molar-refractivity contribution in [3.63, 3.8) is 0 Å². The number of carbonyl (C=O) groups is 1. The Hall–Kier alpha value is -2.31. The lowest BCUT2D eigenvalue weighted by Gasteiger charge is -2.29. The summed E-state index contributed by atoms with van der Waals surface area (Å²) in [6.45, 7) is 6.01. The molecule has 2 aliphatic carbocycles. The summed E-state index contributed by atoms with van der Waals surface area (Å²) < 4.78 is 0. The largest absolute Gasteiger partial charge is 0.382 e. The average molecular weight is 386 g/mol. The smallest absolute Gasteiger partial charge is 0.293 e. The third-order valence-corrected chi connectivity index (χ3v) is 6.86. The van der Waals surface area contributed by atoms with Crippen molar-refractivity contribution in [2.75, 3.05) is 30.4 Å². The van der Waals surface area contributed by atoms with Crippen LogP contribution in [0.1, 0.15) is 54.9 Å². The second-order valence-electron chi connectivity index (χ2n) is 8.89. The first-order valence-corrected chi connectivity index (χ1v) is 10.4. The molecule has 1 aromatic rings. The number of rotatable bonds is 5. The van der Waals surface area contributed by atoms with Crippen LogP contribution in [0, 0.1) is 34.8 Å². The van der Waals surface area contributed by atoms with Gasteiger partial charge < -0.3 is 15.5 Å². The molecule has 1 aliphatic heterocycles. The molecule has 3 fully saturated rings. The van der Waals surface area contributed by atoms with Gasteiger partial charge in [0, 0.05) is 37.8 Å². The van der Waals surface area contributed by atoms with E-state index >= 15 is 0 Å². The van der Waals surface area contributed by atoms with Crippen LogP contribution < -0.4 is 15.5 Å². The van der Waals surface area contributed by atoms with E-state index in [1.807, 2.05) is 6.92 Å². The zero-order valence-electron chi connectivity index (χ0n) is 17.0. The van der Waals surface area contributed by atoms with Crippen LogP contribution in [0.4, 0.5) is 17.1 Å². The van der Waals surface area contributed by atoms with Gasteiger partial charge in [-0.3, -0.25) is 14.9 Å². The zero-order valence-corrected chi connectivity index (χ0v) is 17.0. The minimum absolute atomic E-state index is 0.0319. The normalized spacial score (nSPS) is 28.6. The number of hydrogen-bond acceptors (Lipinski definition) is 5. The lowest BCUT2D eigenvalue weighted by Crippen LogP contribution is -2.38. The highest BCUT2D eigenvalue weighted by atomic mass is 16.6. The van der Waals surface area contributed by atoms with E-state index in [0.29, 0.717) is 29.0 Å². The Morgan fingerprint density at radius 3 is 2.43 bits per heavy atom. The molecule has 2 saturated carbocycles. The molecular formula is C21H30N4O3. The first kappa shape index (κ1) is 19.0. The Bertz CT molecular complexity index is 791. The number of piperidine rings is 1. The van der Waals surface area contributed by atoms with E-state index in [9.17, 15) is 14.9 Å². The van der Waals surface area contributed by atoms with Gasteiger partial charge in [-0.05, 0) is 56.8 Å². The van der Waals surface area contributed by atoms with Crippen LogP contribution in [0.5, 0.6) is 0 Å². The van der Waals surface area contributed by atoms with Crippen LogP contribution in [-0.2, 0) is 0 Å². The highest BCUT2D eigenvalue weighted by molar-refractivity contribution is 6.03. The SMILES string of the molecule is CNc1c([N+](=O)[O-])cc(C(=O)NC2CCC(C)CC2)c(N2CC3CC3C2)c1C. The molecular weight excluding hydrogens is 356 g/mol. The average Bonchev–Trinajstić information content (AvgIpc) is 3.28. The van der Waals surface area contributed by atoms with Crippen LogP contribution in [0.3, 0.4) is 0 Å². The fourth-order valence-electron chi connectivity index (χ4n) is 5.08. The maximum Gasteiger partial charge on any atom is 0.293 e. The maximum absolute atomic E-state index is 13.2. The molecule has 1 saturated heterocycles. The van der Waals surface area contributed by atoms with Crippen LogP contribution in [0.2, 0.25) is 0 Å². The molecule has 7 nitrogen and oxygen atoms in total. The fourth-order valence-corrected chi connectivity index (χ4v) is 5.08. The van der Waals surface area contributed by atoms with Crippen molar-refractivity contribution >= 4 is 23.0 Å². The van der Waals surface area contributed by atoms with Crippen LogP contribution in [0.15, 0.2) is 6.07 Å². The number of anilines is 2. The topological polar surface area (TPSA) is 87.5 Å². The van der Waals surface area contributed by atoms with Gasteiger partial charge >= 0.3 is 0 Å². The lowest BCUT2D eigenvalue weighted by atomic mass is 9.87. The molecule has 3 aliphatic rings. The van der Waals surface area contributed by atoms with Crippen molar-refractivity contribution < 1.29 is 9.72 Å². The Morgan fingerprint density at radius 1 is 1.21 bits per heavy atom. The van der Waals surface area contributed by atoms with Crippen molar-refractivity contribution in [3.8, 4) is 0 Å². The van der Waals surface area contributed by atoms with Gasteiger partial charge in [-0.15, -0.1) is 0 Å². The van der Waals surface area contributed by atoms with Crippen LogP contribution in [-0.4, -0.2) is 37.0 Å². The van der Waals surface area contributed by atoms with E-state index in [1.165, 1.54) is 12.5 Å². The summed E-state index contributed by atoms with van der Waals surface area (Å²) >= 11 is 0. The maximum atomic E-state index is 13.2. The minimum atomic E-state index is -0.400. The molecule has 0 spiro atoms. The van der Waals surface area contributed by atoms with Gasteiger partial charge in [0.2, 0.25) is 0 Å². The van der Waals surface area contributed by atoms with E-state index in [4.69, 9.17) is 0 Å². The second kappa shape index (κ2) is 7.26.